The van der Waals surface area contributed by atoms with Gasteiger partial charge in [0.15, 0.2) is 0 Å². The van der Waals surface area contributed by atoms with Crippen LogP contribution in [0.15, 0.2) is 41.8 Å². The Balaban J connectivity index is 1.41. The molecule has 1 aromatic heterocycles. The number of thiophene rings is 1. The van der Waals surface area contributed by atoms with Crippen LogP contribution < -0.4 is 0 Å². The molecule has 2 aromatic rings. The fourth-order valence-corrected chi connectivity index (χ4v) is 4.31. The molecule has 0 spiro atoms. The number of aliphatic hydroxyl groups excluding tert-OH is 1. The molecule has 0 saturated carbocycles. The van der Waals surface area contributed by atoms with Crippen molar-refractivity contribution in [1.29, 1.82) is 0 Å². The topological polar surface area (TPSA) is 26.7 Å². The average Bonchev–Trinajstić information content (AvgIpc) is 2.99. The van der Waals surface area contributed by atoms with Crippen LogP contribution in [-0.4, -0.2) is 54.2 Å². The highest BCUT2D eigenvalue weighted by atomic mass is 32.1. The first-order valence-electron chi connectivity index (χ1n) is 9.49. The monoisotopic (exact) mass is 368 g/mol. The third-order valence-corrected chi connectivity index (χ3v) is 5.73. The molecule has 1 aromatic carbocycles. The van der Waals surface area contributed by atoms with Crippen LogP contribution in [-0.2, 0) is 13.0 Å². The van der Waals surface area contributed by atoms with Crippen LogP contribution in [0.25, 0.3) is 0 Å². The fraction of sp³-hybridized carbons (Fsp3) is 0.455. The van der Waals surface area contributed by atoms with Gasteiger partial charge in [-0.15, -0.1) is 11.3 Å². The summed E-state index contributed by atoms with van der Waals surface area (Å²) >= 11 is 1.77. The summed E-state index contributed by atoms with van der Waals surface area (Å²) < 4.78 is 0. The van der Waals surface area contributed by atoms with E-state index in [1.165, 1.54) is 49.3 Å². The zero-order valence-corrected chi connectivity index (χ0v) is 16.2. The Morgan fingerprint density at radius 2 is 1.85 bits per heavy atom. The van der Waals surface area contributed by atoms with Crippen LogP contribution in [0.2, 0.25) is 0 Å². The summed E-state index contributed by atoms with van der Waals surface area (Å²) in [7, 11) is 0. The van der Waals surface area contributed by atoms with E-state index >= 15 is 0 Å². The van der Waals surface area contributed by atoms with Gasteiger partial charge in [0.25, 0.3) is 0 Å². The van der Waals surface area contributed by atoms with Gasteiger partial charge in [-0.1, -0.05) is 42.2 Å². The van der Waals surface area contributed by atoms with Crippen molar-refractivity contribution in [2.45, 2.75) is 25.8 Å². The molecule has 1 N–H and O–H groups in total. The van der Waals surface area contributed by atoms with Gasteiger partial charge in [-0.25, -0.2) is 0 Å². The molecular weight excluding hydrogens is 340 g/mol. The summed E-state index contributed by atoms with van der Waals surface area (Å²) in [6, 6.07) is 13.0. The predicted molar refractivity (Wildman–Crippen MR) is 109 cm³/mol. The second-order valence-electron chi connectivity index (χ2n) is 6.82. The van der Waals surface area contributed by atoms with Crippen LogP contribution in [0.4, 0.5) is 0 Å². The Bertz CT molecular complexity index is 716. The number of aryl methyl sites for hydroxylation is 1. The maximum atomic E-state index is 8.79. The Kier molecular flexibility index (Phi) is 7.72. The molecule has 4 heteroatoms. The molecule has 3 rings (SSSR count). The van der Waals surface area contributed by atoms with E-state index in [0.717, 1.165) is 25.2 Å². The molecule has 1 saturated heterocycles. The lowest BCUT2D eigenvalue weighted by Gasteiger charge is -2.21. The van der Waals surface area contributed by atoms with Gasteiger partial charge in [-0.3, -0.25) is 4.90 Å². The normalized spacial score (nSPS) is 16.0. The highest BCUT2D eigenvalue weighted by Gasteiger charge is 2.15. The summed E-state index contributed by atoms with van der Waals surface area (Å²) in [5.41, 5.74) is 2.47. The van der Waals surface area contributed by atoms with Crippen LogP contribution in [0.1, 0.15) is 28.8 Å². The molecule has 0 radical (unpaired) electrons. The molecule has 1 fully saturated rings. The summed E-state index contributed by atoms with van der Waals surface area (Å²) in [6.45, 7) is 6.83. The second kappa shape index (κ2) is 10.5. The predicted octanol–water partition coefficient (Wildman–Crippen LogP) is 3.23. The highest BCUT2D eigenvalue weighted by Crippen LogP contribution is 2.17. The van der Waals surface area contributed by atoms with Crippen molar-refractivity contribution in [2.24, 2.45) is 0 Å². The maximum Gasteiger partial charge on any atom is 0.104 e. The smallest absolute Gasteiger partial charge is 0.104 e. The van der Waals surface area contributed by atoms with Gasteiger partial charge >= 0.3 is 0 Å². The van der Waals surface area contributed by atoms with E-state index in [-0.39, 0.29) is 6.61 Å². The summed E-state index contributed by atoms with van der Waals surface area (Å²) in [5, 5.41) is 10.9. The lowest BCUT2D eigenvalue weighted by Crippen LogP contribution is -2.31. The largest absolute Gasteiger partial charge is 0.384 e. The standard InChI is InChI=1S/C22H28N2OS/c25-16-5-10-21-17-22(26-19-21)18-24-13-6-12-23(14-15-24)11-4-9-20-7-2-1-3-8-20/h1-3,7-8,17,19,25H,4,6,9,11-16,18H2. The summed E-state index contributed by atoms with van der Waals surface area (Å²) in [4.78, 5) is 6.55. The van der Waals surface area contributed by atoms with E-state index in [4.69, 9.17) is 5.11 Å². The molecule has 3 nitrogen and oxygen atoms in total. The van der Waals surface area contributed by atoms with Crippen LogP contribution in [0.3, 0.4) is 0 Å². The van der Waals surface area contributed by atoms with E-state index in [9.17, 15) is 0 Å². The highest BCUT2D eigenvalue weighted by molar-refractivity contribution is 7.10. The minimum absolute atomic E-state index is 0.0720. The number of hydrogen-bond donors (Lipinski definition) is 1. The van der Waals surface area contributed by atoms with E-state index in [1.54, 1.807) is 11.3 Å². The first kappa shape index (κ1) is 19.1. The van der Waals surface area contributed by atoms with Gasteiger partial charge in [0.05, 0.1) is 0 Å². The lowest BCUT2D eigenvalue weighted by molar-refractivity contribution is 0.251. The number of rotatable bonds is 6. The van der Waals surface area contributed by atoms with Crippen LogP contribution in [0, 0.1) is 11.8 Å². The third kappa shape index (κ3) is 6.26. The quantitative estimate of drug-likeness (QED) is 0.793. The van der Waals surface area contributed by atoms with Gasteiger partial charge in [0.1, 0.15) is 6.61 Å². The lowest BCUT2D eigenvalue weighted by atomic mass is 10.1. The molecule has 0 unspecified atom stereocenters. The van der Waals surface area contributed by atoms with E-state index in [1.807, 2.05) is 0 Å². The fourth-order valence-electron chi connectivity index (χ4n) is 3.45. The van der Waals surface area contributed by atoms with Crippen LogP contribution >= 0.6 is 11.3 Å². The van der Waals surface area contributed by atoms with Crippen molar-refractivity contribution >= 4 is 11.3 Å². The van der Waals surface area contributed by atoms with Crippen molar-refractivity contribution in [3.8, 4) is 11.8 Å². The molecule has 1 aliphatic heterocycles. The summed E-state index contributed by atoms with van der Waals surface area (Å²) in [5.74, 6) is 5.71. The van der Waals surface area contributed by atoms with Gasteiger partial charge in [-0.05, 0) is 50.5 Å². The summed E-state index contributed by atoms with van der Waals surface area (Å²) in [6.07, 6.45) is 3.66. The van der Waals surface area contributed by atoms with Gasteiger partial charge < -0.3 is 10.0 Å². The van der Waals surface area contributed by atoms with Gasteiger partial charge in [0, 0.05) is 35.5 Å². The number of benzene rings is 1. The molecule has 2 heterocycles. The third-order valence-electron chi connectivity index (χ3n) is 4.81. The molecule has 138 valence electrons. The molecule has 0 atom stereocenters. The maximum absolute atomic E-state index is 8.79. The first-order valence-corrected chi connectivity index (χ1v) is 10.4. The Hall–Kier alpha value is -1.64. The minimum atomic E-state index is -0.0720. The zero-order chi connectivity index (χ0) is 18.0. The van der Waals surface area contributed by atoms with Gasteiger partial charge in [-0.2, -0.15) is 0 Å². The number of hydrogen-bond acceptors (Lipinski definition) is 4. The van der Waals surface area contributed by atoms with Crippen LogP contribution in [0.5, 0.6) is 0 Å². The SMILES string of the molecule is OCC#Cc1csc(CN2CCCN(CCCc3ccccc3)CC2)c1. The molecule has 26 heavy (non-hydrogen) atoms. The van der Waals surface area contributed by atoms with Crippen molar-refractivity contribution in [3.05, 3.63) is 57.8 Å². The van der Waals surface area contributed by atoms with Crippen molar-refractivity contribution < 1.29 is 5.11 Å². The van der Waals surface area contributed by atoms with Crippen molar-refractivity contribution in [2.75, 3.05) is 39.3 Å². The van der Waals surface area contributed by atoms with E-state index in [0.29, 0.717) is 0 Å². The minimum Gasteiger partial charge on any atom is -0.384 e. The zero-order valence-electron chi connectivity index (χ0n) is 15.4. The van der Waals surface area contributed by atoms with Crippen molar-refractivity contribution in [1.82, 2.24) is 9.80 Å². The van der Waals surface area contributed by atoms with Gasteiger partial charge in [0.2, 0.25) is 0 Å². The average molecular weight is 369 g/mol. The number of nitrogens with zero attached hydrogens (tertiary/aromatic N) is 2. The Labute approximate surface area is 161 Å². The van der Waals surface area contributed by atoms with E-state index in [2.05, 4.69) is 63.4 Å². The molecule has 0 aliphatic carbocycles. The molecule has 1 aliphatic rings. The van der Waals surface area contributed by atoms with E-state index < -0.39 is 0 Å². The first-order chi connectivity index (χ1) is 12.8. The number of aliphatic hydroxyl groups is 1. The Morgan fingerprint density at radius 3 is 2.69 bits per heavy atom. The Morgan fingerprint density at radius 1 is 1.04 bits per heavy atom. The van der Waals surface area contributed by atoms with Crippen molar-refractivity contribution in [3.63, 3.8) is 0 Å². The molecular formula is C22H28N2OS. The second-order valence-corrected chi connectivity index (χ2v) is 7.82. The molecule has 0 amide bonds. The molecule has 0 bridgehead atoms.